The minimum Gasteiger partial charge on any atom is -0.268 e. The largest absolute Gasteiger partial charge is 0.268 e. The summed E-state index contributed by atoms with van der Waals surface area (Å²) in [4.78, 5) is 0. The molecule has 1 nitrogen and oxygen atoms in total. The number of hydrogen-bond donors (Lipinski definition) is 0. The van der Waals surface area contributed by atoms with E-state index in [-0.39, 0.29) is 0 Å². The third-order valence-electron chi connectivity index (χ3n) is 2.85. The van der Waals surface area contributed by atoms with Crippen LogP contribution < -0.4 is 0 Å². The summed E-state index contributed by atoms with van der Waals surface area (Å²) in [5.74, 6) is 2.60. The minimum absolute atomic E-state index is 0.317. The van der Waals surface area contributed by atoms with Crippen LogP contribution in [0.5, 0.6) is 0 Å². The van der Waals surface area contributed by atoms with Crippen LogP contribution in [0.1, 0.15) is 40.5 Å². The van der Waals surface area contributed by atoms with E-state index in [1.54, 1.807) is 0 Å². The highest BCUT2D eigenvalue weighted by Gasteiger charge is 2.31. The van der Waals surface area contributed by atoms with E-state index in [2.05, 4.69) is 32.1 Å². The molecule has 13 heavy (non-hydrogen) atoms. The molecule has 0 bridgehead atoms. The monoisotopic (exact) mass is 201 g/mol. The lowest BCUT2D eigenvalue weighted by Gasteiger charge is -2.23. The third-order valence-corrected chi connectivity index (χ3v) is 5.60. The summed E-state index contributed by atoms with van der Waals surface area (Å²) in [6.45, 7) is 9.55. The number of nitrogens with zero attached hydrogens (tertiary/aromatic N) is 1. The quantitative estimate of drug-likeness (QED) is 0.570. The Bertz CT molecular complexity index is 196. The molecular weight excluding hydrogens is 178 g/mol. The molecule has 1 saturated heterocycles. The van der Waals surface area contributed by atoms with E-state index < -0.39 is 0 Å². The fourth-order valence-electron chi connectivity index (χ4n) is 1.90. The molecule has 0 aromatic rings. The Kier molecular flexibility index (Phi) is 3.21. The molecule has 1 rings (SSSR count). The lowest BCUT2D eigenvalue weighted by Crippen LogP contribution is -2.20. The topological polar surface area (TPSA) is 12.4 Å². The zero-order valence-electron chi connectivity index (χ0n) is 9.68. The second kappa shape index (κ2) is 3.72. The molecule has 1 aliphatic heterocycles. The lowest BCUT2D eigenvalue weighted by atomic mass is 9.81. The zero-order valence-corrected chi connectivity index (χ0v) is 10.5. The van der Waals surface area contributed by atoms with Crippen molar-refractivity contribution in [1.29, 1.82) is 0 Å². The van der Waals surface area contributed by atoms with E-state index in [0.29, 0.717) is 21.5 Å². The maximum absolute atomic E-state index is 4.53. The van der Waals surface area contributed by atoms with Crippen molar-refractivity contribution in [2.75, 3.05) is 18.6 Å². The first-order chi connectivity index (χ1) is 5.85. The second-order valence-electron chi connectivity index (χ2n) is 5.76. The highest BCUT2D eigenvalue weighted by Crippen LogP contribution is 2.36. The van der Waals surface area contributed by atoms with Gasteiger partial charge in [0.2, 0.25) is 0 Å². The van der Waals surface area contributed by atoms with Crippen LogP contribution in [0.2, 0.25) is 0 Å². The van der Waals surface area contributed by atoms with Crippen molar-refractivity contribution in [3.05, 3.63) is 0 Å². The molecule has 0 aromatic carbocycles. The Morgan fingerprint density at radius 2 is 1.31 bits per heavy atom. The predicted molar refractivity (Wildman–Crippen MR) is 62.2 cm³/mol. The normalized spacial score (nSPS) is 28.1. The van der Waals surface area contributed by atoms with Gasteiger partial charge in [0.15, 0.2) is 0 Å². The van der Waals surface area contributed by atoms with Crippen molar-refractivity contribution >= 4 is 10.7 Å². The molecule has 0 N–H and O–H groups in total. The SMILES string of the molecule is CN=S1CC(C)(C)CCC(C)(C)C1. The molecule has 0 saturated carbocycles. The third kappa shape index (κ3) is 3.41. The zero-order chi connectivity index (χ0) is 10.1. The summed E-state index contributed by atoms with van der Waals surface area (Å²) in [5.41, 5.74) is 1.02. The Morgan fingerprint density at radius 3 is 1.62 bits per heavy atom. The van der Waals surface area contributed by atoms with Gasteiger partial charge >= 0.3 is 0 Å². The van der Waals surface area contributed by atoms with Crippen molar-refractivity contribution < 1.29 is 0 Å². The van der Waals surface area contributed by atoms with Crippen LogP contribution >= 0.6 is 0 Å². The maximum atomic E-state index is 4.53. The van der Waals surface area contributed by atoms with E-state index in [1.807, 2.05) is 7.05 Å². The van der Waals surface area contributed by atoms with Crippen LogP contribution in [0, 0.1) is 10.8 Å². The summed E-state index contributed by atoms with van der Waals surface area (Å²) < 4.78 is 4.53. The molecule has 0 amide bonds. The van der Waals surface area contributed by atoms with Gasteiger partial charge in [0, 0.05) is 18.6 Å². The molecule has 2 heteroatoms. The van der Waals surface area contributed by atoms with Crippen molar-refractivity contribution in [1.82, 2.24) is 0 Å². The molecule has 0 spiro atoms. The highest BCUT2D eigenvalue weighted by molar-refractivity contribution is 7.87. The second-order valence-corrected chi connectivity index (χ2v) is 7.63. The van der Waals surface area contributed by atoms with E-state index >= 15 is 0 Å². The molecule has 0 radical (unpaired) electrons. The lowest BCUT2D eigenvalue weighted by molar-refractivity contribution is 0.295. The fraction of sp³-hybridized carbons (Fsp3) is 1.00. The maximum Gasteiger partial charge on any atom is 0.0346 e. The van der Waals surface area contributed by atoms with Gasteiger partial charge in [-0.25, -0.2) is 0 Å². The van der Waals surface area contributed by atoms with Crippen molar-refractivity contribution in [3.63, 3.8) is 0 Å². The van der Waals surface area contributed by atoms with Gasteiger partial charge in [0.05, 0.1) is 0 Å². The van der Waals surface area contributed by atoms with Crippen LogP contribution in [0.15, 0.2) is 4.36 Å². The van der Waals surface area contributed by atoms with E-state index in [9.17, 15) is 0 Å². The van der Waals surface area contributed by atoms with Gasteiger partial charge < -0.3 is 0 Å². The molecule has 1 aliphatic rings. The van der Waals surface area contributed by atoms with E-state index in [0.717, 1.165) is 0 Å². The summed E-state index contributed by atoms with van der Waals surface area (Å²) >= 11 is 0. The first-order valence-electron chi connectivity index (χ1n) is 5.12. The molecule has 1 fully saturated rings. The van der Waals surface area contributed by atoms with Gasteiger partial charge in [-0.15, -0.1) is 10.7 Å². The molecule has 0 aliphatic carbocycles. The van der Waals surface area contributed by atoms with Crippen LogP contribution in [-0.2, 0) is 10.7 Å². The highest BCUT2D eigenvalue weighted by atomic mass is 32.2. The van der Waals surface area contributed by atoms with E-state index in [1.165, 1.54) is 24.3 Å². The Balaban J connectivity index is 2.81. The van der Waals surface area contributed by atoms with Gasteiger partial charge in [-0.1, -0.05) is 27.7 Å². The number of rotatable bonds is 0. The molecule has 1 heterocycles. The van der Waals surface area contributed by atoms with Crippen molar-refractivity contribution in [2.24, 2.45) is 15.2 Å². The van der Waals surface area contributed by atoms with Gasteiger partial charge in [-0.2, -0.15) is 0 Å². The van der Waals surface area contributed by atoms with Gasteiger partial charge in [-0.05, 0) is 23.7 Å². The smallest absolute Gasteiger partial charge is 0.0346 e. The summed E-state index contributed by atoms with van der Waals surface area (Å²) in [6.07, 6.45) is 2.72. The van der Waals surface area contributed by atoms with Crippen LogP contribution in [-0.4, -0.2) is 18.6 Å². The van der Waals surface area contributed by atoms with Crippen molar-refractivity contribution in [2.45, 2.75) is 40.5 Å². The Morgan fingerprint density at radius 1 is 0.923 bits per heavy atom. The average Bonchev–Trinajstić information content (AvgIpc) is 2.08. The van der Waals surface area contributed by atoms with Gasteiger partial charge in [0.1, 0.15) is 0 Å². The molecule has 0 atom stereocenters. The number of hydrogen-bond acceptors (Lipinski definition) is 1. The predicted octanol–water partition coefficient (Wildman–Crippen LogP) is 3.26. The molecular formula is C11H23NS. The first-order valence-corrected chi connectivity index (χ1v) is 6.64. The summed E-state index contributed by atoms with van der Waals surface area (Å²) in [7, 11) is 2.30. The minimum atomic E-state index is 0.317. The Hall–Kier alpha value is 0.150. The van der Waals surface area contributed by atoms with Crippen LogP contribution in [0.4, 0.5) is 0 Å². The summed E-state index contributed by atoms with van der Waals surface area (Å²) in [5, 5.41) is 0. The standard InChI is InChI=1S/C11H23NS/c1-10(2)6-7-11(3,4)9-13(8-10)12-5/h6-9H2,1-5H3. The van der Waals surface area contributed by atoms with Crippen molar-refractivity contribution in [3.8, 4) is 0 Å². The van der Waals surface area contributed by atoms with Crippen LogP contribution in [0.3, 0.4) is 0 Å². The fourth-order valence-corrected chi connectivity index (χ4v) is 4.36. The first kappa shape index (κ1) is 11.2. The van der Waals surface area contributed by atoms with Crippen LogP contribution in [0.25, 0.3) is 0 Å². The van der Waals surface area contributed by atoms with Gasteiger partial charge in [0.25, 0.3) is 0 Å². The molecule has 0 aromatic heterocycles. The molecule has 78 valence electrons. The summed E-state index contributed by atoms with van der Waals surface area (Å²) in [6, 6.07) is 0. The molecule has 0 unspecified atom stereocenters. The Labute approximate surface area is 85.4 Å². The average molecular weight is 201 g/mol. The van der Waals surface area contributed by atoms with Gasteiger partial charge in [-0.3, -0.25) is 4.36 Å². The van der Waals surface area contributed by atoms with E-state index in [4.69, 9.17) is 0 Å².